The molecule has 10 heteroatoms. The fourth-order valence-corrected chi connectivity index (χ4v) is 4.52. The number of ether oxygens (including phenoxy) is 1. The zero-order chi connectivity index (χ0) is 22.8. The summed E-state index contributed by atoms with van der Waals surface area (Å²) in [4.78, 5) is 26.5. The molecule has 0 atom stereocenters. The maximum absolute atomic E-state index is 12.7. The van der Waals surface area contributed by atoms with Crippen LogP contribution in [0.1, 0.15) is 18.4 Å². The van der Waals surface area contributed by atoms with Crippen molar-refractivity contribution in [3.05, 3.63) is 47.0 Å². The zero-order valence-electron chi connectivity index (χ0n) is 17.5. The average molecular weight is 466 g/mol. The Hall–Kier alpha value is -2.78. The number of rotatable bonds is 7. The highest BCUT2D eigenvalue weighted by atomic mass is 35.5. The van der Waals surface area contributed by atoms with Crippen LogP contribution >= 0.6 is 11.6 Å². The highest BCUT2D eigenvalue weighted by molar-refractivity contribution is 7.92. The van der Waals surface area contributed by atoms with E-state index in [2.05, 4.69) is 5.32 Å². The van der Waals surface area contributed by atoms with Crippen LogP contribution in [0.2, 0.25) is 5.02 Å². The van der Waals surface area contributed by atoms with E-state index in [-0.39, 0.29) is 16.6 Å². The lowest BCUT2D eigenvalue weighted by atomic mass is 10.1. The lowest BCUT2D eigenvalue weighted by molar-refractivity contribution is -0.117. The SMILES string of the molecule is COc1ccc(N(CC(=O)Nc2ccc(C)c(N3CCCC3=O)c2)S(C)(=O)=O)cc1Cl. The molecule has 0 radical (unpaired) electrons. The summed E-state index contributed by atoms with van der Waals surface area (Å²) in [5, 5.41) is 2.95. The number of hydrogen-bond acceptors (Lipinski definition) is 5. The molecule has 0 aliphatic carbocycles. The molecule has 0 unspecified atom stereocenters. The lowest BCUT2D eigenvalue weighted by Crippen LogP contribution is -2.37. The van der Waals surface area contributed by atoms with Gasteiger partial charge in [0.05, 0.1) is 24.1 Å². The van der Waals surface area contributed by atoms with Crippen LogP contribution in [0.3, 0.4) is 0 Å². The molecule has 1 heterocycles. The summed E-state index contributed by atoms with van der Waals surface area (Å²) in [6, 6.07) is 9.73. The Balaban J connectivity index is 1.80. The Labute approximate surface area is 186 Å². The Morgan fingerprint density at radius 1 is 1.26 bits per heavy atom. The van der Waals surface area contributed by atoms with Gasteiger partial charge in [0.2, 0.25) is 21.8 Å². The third kappa shape index (κ3) is 5.29. The van der Waals surface area contributed by atoms with Gasteiger partial charge in [-0.3, -0.25) is 13.9 Å². The minimum atomic E-state index is -3.76. The molecule has 166 valence electrons. The summed E-state index contributed by atoms with van der Waals surface area (Å²) in [5.74, 6) is -0.0851. The van der Waals surface area contributed by atoms with Gasteiger partial charge in [-0.15, -0.1) is 0 Å². The maximum Gasteiger partial charge on any atom is 0.245 e. The van der Waals surface area contributed by atoms with Crippen molar-refractivity contribution in [2.45, 2.75) is 19.8 Å². The van der Waals surface area contributed by atoms with Gasteiger partial charge < -0.3 is 15.0 Å². The average Bonchev–Trinajstić information content (AvgIpc) is 3.12. The molecule has 0 saturated carbocycles. The molecule has 31 heavy (non-hydrogen) atoms. The number of benzene rings is 2. The molecule has 0 bridgehead atoms. The fourth-order valence-electron chi connectivity index (χ4n) is 3.42. The van der Waals surface area contributed by atoms with E-state index in [1.165, 1.54) is 25.3 Å². The second-order valence-electron chi connectivity index (χ2n) is 7.29. The number of halogens is 1. The third-order valence-corrected chi connectivity index (χ3v) is 6.40. The van der Waals surface area contributed by atoms with Crippen LogP contribution in [0.25, 0.3) is 0 Å². The number of methoxy groups -OCH3 is 1. The van der Waals surface area contributed by atoms with Crippen LogP contribution < -0.4 is 19.3 Å². The molecule has 2 amide bonds. The molecule has 3 rings (SSSR count). The Kier molecular flexibility index (Phi) is 6.76. The van der Waals surface area contributed by atoms with Gasteiger partial charge in [0.25, 0.3) is 0 Å². The van der Waals surface area contributed by atoms with Crippen LogP contribution in [-0.2, 0) is 19.6 Å². The van der Waals surface area contributed by atoms with Gasteiger partial charge >= 0.3 is 0 Å². The van der Waals surface area contributed by atoms with Crippen molar-refractivity contribution in [1.29, 1.82) is 0 Å². The number of nitrogens with zero attached hydrogens (tertiary/aromatic N) is 2. The van der Waals surface area contributed by atoms with Crippen molar-refractivity contribution < 1.29 is 22.7 Å². The largest absolute Gasteiger partial charge is 0.495 e. The molecule has 1 aliphatic rings. The first-order valence-corrected chi connectivity index (χ1v) is 11.8. The molecule has 0 aromatic heterocycles. The van der Waals surface area contributed by atoms with Gasteiger partial charge in [0.15, 0.2) is 0 Å². The van der Waals surface area contributed by atoms with Crippen molar-refractivity contribution in [2.75, 3.05) is 41.0 Å². The number of carbonyl (C=O) groups is 2. The molecule has 1 saturated heterocycles. The Bertz CT molecular complexity index is 1120. The molecule has 2 aromatic carbocycles. The number of amides is 2. The topological polar surface area (TPSA) is 96.0 Å². The van der Waals surface area contributed by atoms with E-state index in [0.717, 1.165) is 28.2 Å². The highest BCUT2D eigenvalue weighted by Crippen LogP contribution is 2.31. The van der Waals surface area contributed by atoms with Gasteiger partial charge in [0, 0.05) is 24.3 Å². The molecule has 1 fully saturated rings. The predicted molar refractivity (Wildman–Crippen MR) is 122 cm³/mol. The molecule has 8 nitrogen and oxygen atoms in total. The summed E-state index contributed by atoms with van der Waals surface area (Å²) >= 11 is 6.12. The number of aryl methyl sites for hydroxylation is 1. The molecule has 1 aliphatic heterocycles. The molecule has 0 spiro atoms. The van der Waals surface area contributed by atoms with Crippen molar-refractivity contribution in [1.82, 2.24) is 0 Å². The van der Waals surface area contributed by atoms with Crippen LogP contribution in [0.4, 0.5) is 17.1 Å². The van der Waals surface area contributed by atoms with Crippen molar-refractivity contribution in [3.63, 3.8) is 0 Å². The van der Waals surface area contributed by atoms with Gasteiger partial charge in [-0.1, -0.05) is 17.7 Å². The van der Waals surface area contributed by atoms with Gasteiger partial charge in [-0.05, 0) is 49.2 Å². The quantitative estimate of drug-likeness (QED) is 0.677. The minimum Gasteiger partial charge on any atom is -0.495 e. The predicted octanol–water partition coefficient (Wildman–Crippen LogP) is 3.19. The summed E-state index contributed by atoms with van der Waals surface area (Å²) in [5.41, 5.74) is 2.38. The first-order chi connectivity index (χ1) is 14.6. The van der Waals surface area contributed by atoms with Crippen LogP contribution in [-0.4, -0.2) is 46.7 Å². The van der Waals surface area contributed by atoms with Gasteiger partial charge in [0.1, 0.15) is 12.3 Å². The molecule has 1 N–H and O–H groups in total. The van der Waals surface area contributed by atoms with Crippen molar-refractivity contribution in [3.8, 4) is 5.75 Å². The number of sulfonamides is 1. The minimum absolute atomic E-state index is 0.0474. The fraction of sp³-hybridized carbons (Fsp3) is 0.333. The number of anilines is 3. The van der Waals surface area contributed by atoms with Crippen molar-refractivity contribution >= 4 is 50.5 Å². The zero-order valence-corrected chi connectivity index (χ0v) is 19.1. The van der Waals surface area contributed by atoms with Crippen LogP contribution in [0, 0.1) is 6.92 Å². The van der Waals surface area contributed by atoms with Crippen LogP contribution in [0.5, 0.6) is 5.75 Å². The second-order valence-corrected chi connectivity index (χ2v) is 9.60. The van der Waals surface area contributed by atoms with E-state index in [0.29, 0.717) is 24.4 Å². The molecule has 2 aromatic rings. The third-order valence-electron chi connectivity index (χ3n) is 4.97. The number of nitrogens with one attached hydrogen (secondary N) is 1. The molecular formula is C21H24ClN3O5S. The Morgan fingerprint density at radius 3 is 2.58 bits per heavy atom. The summed E-state index contributed by atoms with van der Waals surface area (Å²) in [6.07, 6.45) is 2.31. The summed E-state index contributed by atoms with van der Waals surface area (Å²) in [7, 11) is -2.30. The van der Waals surface area contributed by atoms with E-state index in [1.54, 1.807) is 17.0 Å². The van der Waals surface area contributed by atoms with Gasteiger partial charge in [-0.2, -0.15) is 0 Å². The van der Waals surface area contributed by atoms with Crippen molar-refractivity contribution in [2.24, 2.45) is 0 Å². The van der Waals surface area contributed by atoms with Gasteiger partial charge in [-0.25, -0.2) is 8.42 Å². The summed E-state index contributed by atoms with van der Waals surface area (Å²) < 4.78 is 30.7. The lowest BCUT2D eigenvalue weighted by Gasteiger charge is -2.23. The molecular weight excluding hydrogens is 442 g/mol. The van der Waals surface area contributed by atoms with E-state index in [9.17, 15) is 18.0 Å². The maximum atomic E-state index is 12.7. The van der Waals surface area contributed by atoms with Crippen LogP contribution in [0.15, 0.2) is 36.4 Å². The number of hydrogen-bond donors (Lipinski definition) is 1. The first kappa shape index (κ1) is 22.9. The summed E-state index contributed by atoms with van der Waals surface area (Å²) in [6.45, 7) is 2.09. The van der Waals surface area contributed by atoms with E-state index < -0.39 is 22.5 Å². The van der Waals surface area contributed by atoms with E-state index in [1.807, 2.05) is 13.0 Å². The smallest absolute Gasteiger partial charge is 0.245 e. The standard InChI is InChI=1S/C21H24ClN3O5S/c1-14-6-7-15(11-18(14)24-10-4-5-21(24)27)23-20(26)13-25(31(3,28)29)16-8-9-19(30-2)17(22)12-16/h6-9,11-12H,4-5,10,13H2,1-3H3,(H,23,26). The number of carbonyl (C=O) groups excluding carboxylic acids is 2. The first-order valence-electron chi connectivity index (χ1n) is 9.62. The highest BCUT2D eigenvalue weighted by Gasteiger charge is 2.24. The second kappa shape index (κ2) is 9.15. The van der Waals surface area contributed by atoms with E-state index in [4.69, 9.17) is 16.3 Å². The Morgan fingerprint density at radius 2 is 2.00 bits per heavy atom. The van der Waals surface area contributed by atoms with E-state index >= 15 is 0 Å². The normalized spacial score (nSPS) is 13.9. The monoisotopic (exact) mass is 465 g/mol.